The Kier molecular flexibility index (Phi) is 3.27. The Morgan fingerprint density at radius 3 is 2.95 bits per heavy atom. The summed E-state index contributed by atoms with van der Waals surface area (Å²) in [7, 11) is 0. The Hall–Kier alpha value is -2.06. The molecule has 22 heavy (non-hydrogen) atoms. The summed E-state index contributed by atoms with van der Waals surface area (Å²) in [5, 5.41) is 16.6. The third-order valence-electron chi connectivity index (χ3n) is 4.00. The fourth-order valence-electron chi connectivity index (χ4n) is 2.94. The molecule has 0 aromatic carbocycles. The van der Waals surface area contributed by atoms with Gasteiger partial charge in [-0.05, 0) is 12.1 Å². The predicted molar refractivity (Wildman–Crippen MR) is 83.7 cm³/mol. The van der Waals surface area contributed by atoms with E-state index in [0.717, 1.165) is 35.5 Å². The Bertz CT molecular complexity index is 682. The number of anilines is 1. The van der Waals surface area contributed by atoms with Crippen molar-refractivity contribution in [1.29, 1.82) is 0 Å². The normalized spacial score (nSPS) is 20.4. The van der Waals surface area contributed by atoms with Crippen LogP contribution in [0.15, 0.2) is 24.4 Å². The lowest BCUT2D eigenvalue weighted by Gasteiger charge is -2.49. The number of aromatic nitrogens is 3. The smallest absolute Gasteiger partial charge is 0.222 e. The van der Waals surface area contributed by atoms with Gasteiger partial charge in [0.1, 0.15) is 5.69 Å². The predicted octanol–water partition coefficient (Wildman–Crippen LogP) is 0.268. The maximum Gasteiger partial charge on any atom is 0.222 e. The van der Waals surface area contributed by atoms with E-state index in [2.05, 4.69) is 30.7 Å². The minimum absolute atomic E-state index is 0.114. The molecule has 2 aliphatic heterocycles. The van der Waals surface area contributed by atoms with Gasteiger partial charge in [0.2, 0.25) is 11.0 Å². The van der Waals surface area contributed by atoms with Crippen molar-refractivity contribution in [2.45, 2.75) is 12.0 Å². The number of nitrogens with one attached hydrogen (secondary N) is 2. The number of rotatable bonds is 2. The van der Waals surface area contributed by atoms with Crippen LogP contribution < -0.4 is 15.5 Å². The topological polar surface area (TPSA) is 83.0 Å². The summed E-state index contributed by atoms with van der Waals surface area (Å²) >= 11 is 1.54. The van der Waals surface area contributed by atoms with Crippen LogP contribution in [0.1, 0.15) is 6.42 Å². The lowest BCUT2D eigenvalue weighted by Crippen LogP contribution is -2.69. The molecular formula is C14H16N6OS. The zero-order valence-corrected chi connectivity index (χ0v) is 12.8. The van der Waals surface area contributed by atoms with Gasteiger partial charge in [-0.25, -0.2) is 0 Å². The van der Waals surface area contributed by atoms with Crippen molar-refractivity contribution in [3.05, 3.63) is 24.4 Å². The van der Waals surface area contributed by atoms with Crippen LogP contribution in [0.3, 0.4) is 0 Å². The number of hydrogen-bond acceptors (Lipinski definition) is 7. The first-order valence-corrected chi connectivity index (χ1v) is 8.07. The number of amides is 1. The van der Waals surface area contributed by atoms with Crippen LogP contribution >= 0.6 is 11.3 Å². The van der Waals surface area contributed by atoms with E-state index in [1.807, 2.05) is 18.2 Å². The number of carbonyl (C=O) groups excluding carboxylic acids is 1. The molecule has 4 rings (SSSR count). The van der Waals surface area contributed by atoms with Crippen LogP contribution in [0, 0.1) is 0 Å². The van der Waals surface area contributed by atoms with Gasteiger partial charge < -0.3 is 15.5 Å². The molecule has 2 aliphatic rings. The number of nitrogens with zero attached hydrogens (tertiary/aromatic N) is 4. The summed E-state index contributed by atoms with van der Waals surface area (Å²) in [5.74, 6) is 0.121. The summed E-state index contributed by atoms with van der Waals surface area (Å²) in [6.07, 6.45) is 2.28. The SMILES string of the molecule is O=C1CC2(CN(c3nnc(-c4ccccn4)s3)C2)NCCN1. The second-order valence-corrected chi connectivity index (χ2v) is 6.65. The molecule has 0 atom stereocenters. The number of pyridine rings is 1. The summed E-state index contributed by atoms with van der Waals surface area (Å²) in [6.45, 7) is 3.09. The highest BCUT2D eigenvalue weighted by atomic mass is 32.1. The Balaban J connectivity index is 1.47. The Morgan fingerprint density at radius 2 is 2.14 bits per heavy atom. The van der Waals surface area contributed by atoms with E-state index in [0.29, 0.717) is 13.0 Å². The minimum Gasteiger partial charge on any atom is -0.355 e. The van der Waals surface area contributed by atoms with Crippen LogP contribution in [0.25, 0.3) is 10.7 Å². The van der Waals surface area contributed by atoms with E-state index in [1.54, 1.807) is 6.20 Å². The maximum atomic E-state index is 11.7. The van der Waals surface area contributed by atoms with E-state index in [4.69, 9.17) is 0 Å². The fourth-order valence-corrected chi connectivity index (χ4v) is 3.76. The second-order valence-electron chi connectivity index (χ2n) is 5.69. The summed E-state index contributed by atoms with van der Waals surface area (Å²) in [5.41, 5.74) is 0.727. The molecule has 2 saturated heterocycles. The molecule has 2 aromatic heterocycles. The lowest BCUT2D eigenvalue weighted by molar-refractivity contribution is -0.122. The van der Waals surface area contributed by atoms with Crippen molar-refractivity contribution >= 4 is 22.4 Å². The van der Waals surface area contributed by atoms with Gasteiger partial charge in [-0.1, -0.05) is 17.4 Å². The van der Waals surface area contributed by atoms with Gasteiger partial charge in [-0.3, -0.25) is 9.78 Å². The van der Waals surface area contributed by atoms with Gasteiger partial charge in [0.05, 0.1) is 5.54 Å². The maximum absolute atomic E-state index is 11.7. The van der Waals surface area contributed by atoms with E-state index >= 15 is 0 Å². The number of carbonyl (C=O) groups is 1. The average molecular weight is 316 g/mol. The summed E-state index contributed by atoms with van der Waals surface area (Å²) in [6, 6.07) is 5.75. The monoisotopic (exact) mass is 316 g/mol. The molecule has 1 spiro atoms. The summed E-state index contributed by atoms with van der Waals surface area (Å²) < 4.78 is 0. The molecule has 7 nitrogen and oxygen atoms in total. The van der Waals surface area contributed by atoms with Gasteiger partial charge in [-0.2, -0.15) is 0 Å². The standard InChI is InChI=1S/C14H16N6OS/c21-11-7-14(17-6-5-16-11)8-20(9-14)13-19-18-12(22-13)10-3-1-2-4-15-10/h1-4,17H,5-9H2,(H,16,21). The van der Waals surface area contributed by atoms with Gasteiger partial charge in [0, 0.05) is 38.8 Å². The molecule has 2 fully saturated rings. The Morgan fingerprint density at radius 1 is 1.23 bits per heavy atom. The van der Waals surface area contributed by atoms with Crippen LogP contribution in [0.5, 0.6) is 0 Å². The van der Waals surface area contributed by atoms with Crippen molar-refractivity contribution in [3.8, 4) is 10.7 Å². The highest BCUT2D eigenvalue weighted by Gasteiger charge is 2.46. The molecule has 0 bridgehead atoms. The number of hydrogen-bond donors (Lipinski definition) is 2. The third kappa shape index (κ3) is 2.44. The summed E-state index contributed by atoms with van der Waals surface area (Å²) in [4.78, 5) is 18.2. The minimum atomic E-state index is -0.114. The highest BCUT2D eigenvalue weighted by Crippen LogP contribution is 2.34. The first-order chi connectivity index (χ1) is 10.7. The third-order valence-corrected chi connectivity index (χ3v) is 5.01. The molecule has 114 valence electrons. The van der Waals surface area contributed by atoms with Crippen LogP contribution in [-0.2, 0) is 4.79 Å². The van der Waals surface area contributed by atoms with Crippen molar-refractivity contribution in [2.75, 3.05) is 31.1 Å². The molecule has 1 amide bonds. The van der Waals surface area contributed by atoms with Crippen LogP contribution in [0.2, 0.25) is 0 Å². The fraction of sp³-hybridized carbons (Fsp3) is 0.429. The van der Waals surface area contributed by atoms with E-state index in [9.17, 15) is 4.79 Å². The Labute approximate surface area is 131 Å². The van der Waals surface area contributed by atoms with Crippen molar-refractivity contribution in [1.82, 2.24) is 25.8 Å². The second kappa shape index (κ2) is 5.29. The molecular weight excluding hydrogens is 300 g/mol. The largest absolute Gasteiger partial charge is 0.355 e. The molecule has 8 heteroatoms. The van der Waals surface area contributed by atoms with Gasteiger partial charge in [-0.15, -0.1) is 10.2 Å². The highest BCUT2D eigenvalue weighted by molar-refractivity contribution is 7.18. The van der Waals surface area contributed by atoms with Gasteiger partial charge in [0.25, 0.3) is 0 Å². The van der Waals surface area contributed by atoms with Crippen LogP contribution in [0.4, 0.5) is 5.13 Å². The zero-order valence-electron chi connectivity index (χ0n) is 12.0. The molecule has 4 heterocycles. The lowest BCUT2D eigenvalue weighted by atomic mass is 9.86. The van der Waals surface area contributed by atoms with Crippen molar-refractivity contribution < 1.29 is 4.79 Å². The molecule has 2 N–H and O–H groups in total. The quantitative estimate of drug-likeness (QED) is 0.827. The first-order valence-electron chi connectivity index (χ1n) is 7.26. The van der Waals surface area contributed by atoms with Gasteiger partial charge >= 0.3 is 0 Å². The first kappa shape index (κ1) is 13.6. The van der Waals surface area contributed by atoms with E-state index in [-0.39, 0.29) is 11.4 Å². The molecule has 2 aromatic rings. The van der Waals surface area contributed by atoms with Gasteiger partial charge in [0.15, 0.2) is 5.01 Å². The van der Waals surface area contributed by atoms with E-state index < -0.39 is 0 Å². The van der Waals surface area contributed by atoms with Crippen molar-refractivity contribution in [3.63, 3.8) is 0 Å². The molecule has 0 aliphatic carbocycles. The van der Waals surface area contributed by atoms with Crippen LogP contribution in [-0.4, -0.2) is 52.8 Å². The molecule has 0 saturated carbocycles. The molecule has 0 unspecified atom stereocenters. The van der Waals surface area contributed by atoms with Crippen molar-refractivity contribution in [2.24, 2.45) is 0 Å². The average Bonchev–Trinajstić information content (AvgIpc) is 2.90. The zero-order chi connectivity index (χ0) is 15.0. The van der Waals surface area contributed by atoms with E-state index in [1.165, 1.54) is 11.3 Å². The molecule has 0 radical (unpaired) electrons.